The zero-order chi connectivity index (χ0) is 20.7. The molecule has 2 N–H and O–H groups in total. The van der Waals surface area contributed by atoms with E-state index < -0.39 is 35.6 Å². The van der Waals surface area contributed by atoms with E-state index in [1.54, 1.807) is 18.2 Å². The molecule has 2 fully saturated rings. The molecule has 0 saturated carbocycles. The quantitative estimate of drug-likeness (QED) is 0.717. The number of carbonyl (C=O) groups excluding carboxylic acids is 4. The predicted octanol–water partition coefficient (Wildman–Crippen LogP) is 0.779. The molecule has 1 aromatic rings. The van der Waals surface area contributed by atoms with Gasteiger partial charge in [0, 0.05) is 25.9 Å². The van der Waals surface area contributed by atoms with E-state index in [-0.39, 0.29) is 36.3 Å². The molecule has 1 aromatic carbocycles. The summed E-state index contributed by atoms with van der Waals surface area (Å²) in [6, 6.07) is 3.99. The Balaban J connectivity index is 1.64. The Morgan fingerprint density at radius 2 is 1.93 bits per heavy atom. The van der Waals surface area contributed by atoms with Gasteiger partial charge >= 0.3 is 5.97 Å². The number of anilines is 1. The molecule has 3 heterocycles. The van der Waals surface area contributed by atoms with Crippen molar-refractivity contribution in [1.82, 2.24) is 10.2 Å². The number of hydrogen-bond donors (Lipinski definition) is 2. The molecule has 3 aliphatic rings. The summed E-state index contributed by atoms with van der Waals surface area (Å²) in [4.78, 5) is 63.7. The number of piperidine rings is 2. The molecular formula is C20H21N3O6. The minimum absolute atomic E-state index is 0.0319. The Labute approximate surface area is 166 Å². The van der Waals surface area contributed by atoms with E-state index in [0.29, 0.717) is 18.8 Å². The van der Waals surface area contributed by atoms with Gasteiger partial charge in [0.2, 0.25) is 11.8 Å². The van der Waals surface area contributed by atoms with Crippen LogP contribution in [0.2, 0.25) is 0 Å². The first-order valence-corrected chi connectivity index (χ1v) is 9.68. The fourth-order valence-corrected chi connectivity index (χ4v) is 4.46. The SMILES string of the molecule is O=C(O)C[C@@H]1CCCN(c2cccc3c2C(=O)N(C2CCC(=O)NC2=O)C3=O)C1. The van der Waals surface area contributed by atoms with Crippen molar-refractivity contribution in [2.24, 2.45) is 5.92 Å². The van der Waals surface area contributed by atoms with Crippen molar-refractivity contribution >= 4 is 35.3 Å². The lowest BCUT2D eigenvalue weighted by Gasteiger charge is -2.34. The van der Waals surface area contributed by atoms with Crippen molar-refractivity contribution in [2.45, 2.75) is 38.1 Å². The number of imide groups is 2. The van der Waals surface area contributed by atoms with E-state index in [4.69, 9.17) is 5.11 Å². The molecule has 0 aliphatic carbocycles. The van der Waals surface area contributed by atoms with Crippen molar-refractivity contribution in [3.05, 3.63) is 29.3 Å². The second kappa shape index (κ2) is 7.31. The van der Waals surface area contributed by atoms with Gasteiger partial charge in [-0.3, -0.25) is 34.2 Å². The van der Waals surface area contributed by atoms with Gasteiger partial charge in [-0.2, -0.15) is 0 Å². The van der Waals surface area contributed by atoms with Crippen LogP contribution in [0.25, 0.3) is 0 Å². The maximum Gasteiger partial charge on any atom is 0.303 e. The number of fused-ring (bicyclic) bond motifs is 1. The fraction of sp³-hybridized carbons (Fsp3) is 0.450. The van der Waals surface area contributed by atoms with Crippen molar-refractivity contribution in [2.75, 3.05) is 18.0 Å². The van der Waals surface area contributed by atoms with Crippen molar-refractivity contribution < 1.29 is 29.1 Å². The van der Waals surface area contributed by atoms with Crippen LogP contribution in [0.4, 0.5) is 5.69 Å². The summed E-state index contributed by atoms with van der Waals surface area (Å²) in [6.45, 7) is 1.15. The second-order valence-electron chi connectivity index (χ2n) is 7.70. The summed E-state index contributed by atoms with van der Waals surface area (Å²) in [5.74, 6) is -3.03. The molecule has 9 nitrogen and oxygen atoms in total. The Morgan fingerprint density at radius 3 is 2.66 bits per heavy atom. The van der Waals surface area contributed by atoms with E-state index in [9.17, 15) is 24.0 Å². The zero-order valence-corrected chi connectivity index (χ0v) is 15.7. The van der Waals surface area contributed by atoms with Crippen LogP contribution < -0.4 is 10.2 Å². The molecule has 29 heavy (non-hydrogen) atoms. The van der Waals surface area contributed by atoms with E-state index in [1.807, 2.05) is 4.90 Å². The highest BCUT2D eigenvalue weighted by atomic mass is 16.4. The molecule has 2 saturated heterocycles. The first kappa shape index (κ1) is 19.1. The number of carboxylic acids is 1. The van der Waals surface area contributed by atoms with Gasteiger partial charge in [-0.05, 0) is 37.3 Å². The Bertz CT molecular complexity index is 927. The average molecular weight is 399 g/mol. The van der Waals surface area contributed by atoms with Gasteiger partial charge in [-0.1, -0.05) is 6.07 Å². The minimum Gasteiger partial charge on any atom is -0.481 e. The van der Waals surface area contributed by atoms with Crippen LogP contribution in [0.5, 0.6) is 0 Å². The number of nitrogens with zero attached hydrogens (tertiary/aromatic N) is 2. The number of aliphatic carboxylic acids is 1. The lowest BCUT2D eigenvalue weighted by Crippen LogP contribution is -2.54. The van der Waals surface area contributed by atoms with Gasteiger partial charge in [0.05, 0.1) is 16.8 Å². The average Bonchev–Trinajstić information content (AvgIpc) is 2.93. The van der Waals surface area contributed by atoms with E-state index in [2.05, 4.69) is 5.32 Å². The largest absolute Gasteiger partial charge is 0.481 e. The molecule has 4 amide bonds. The number of carboxylic acid groups (broad SMARTS) is 1. The van der Waals surface area contributed by atoms with Crippen LogP contribution in [-0.4, -0.2) is 58.7 Å². The van der Waals surface area contributed by atoms with Crippen LogP contribution in [0.1, 0.15) is 52.8 Å². The smallest absolute Gasteiger partial charge is 0.303 e. The first-order chi connectivity index (χ1) is 13.9. The Kier molecular flexibility index (Phi) is 4.81. The second-order valence-corrected chi connectivity index (χ2v) is 7.70. The van der Waals surface area contributed by atoms with Crippen molar-refractivity contribution in [1.29, 1.82) is 0 Å². The summed E-state index contributed by atoms with van der Waals surface area (Å²) in [5, 5.41) is 11.3. The number of amides is 4. The summed E-state index contributed by atoms with van der Waals surface area (Å²) in [5.41, 5.74) is 1.07. The third-order valence-electron chi connectivity index (χ3n) is 5.77. The van der Waals surface area contributed by atoms with E-state index in [1.165, 1.54) is 0 Å². The molecule has 0 aromatic heterocycles. The lowest BCUT2D eigenvalue weighted by molar-refractivity contribution is -0.138. The summed E-state index contributed by atoms with van der Waals surface area (Å²) in [7, 11) is 0. The van der Waals surface area contributed by atoms with Crippen LogP contribution >= 0.6 is 0 Å². The minimum atomic E-state index is -1.01. The fourth-order valence-electron chi connectivity index (χ4n) is 4.46. The third-order valence-corrected chi connectivity index (χ3v) is 5.77. The normalized spacial score (nSPS) is 24.6. The maximum atomic E-state index is 13.2. The van der Waals surface area contributed by atoms with Gasteiger partial charge < -0.3 is 10.0 Å². The molecule has 0 bridgehead atoms. The van der Waals surface area contributed by atoms with Gasteiger partial charge in [0.25, 0.3) is 11.8 Å². The highest BCUT2D eigenvalue weighted by Gasteiger charge is 2.46. The van der Waals surface area contributed by atoms with E-state index >= 15 is 0 Å². The molecule has 9 heteroatoms. The molecular weight excluding hydrogens is 378 g/mol. The summed E-state index contributed by atoms with van der Waals surface area (Å²) < 4.78 is 0. The van der Waals surface area contributed by atoms with E-state index in [0.717, 1.165) is 17.7 Å². The van der Waals surface area contributed by atoms with Crippen LogP contribution in [0.15, 0.2) is 18.2 Å². The maximum absolute atomic E-state index is 13.2. The zero-order valence-electron chi connectivity index (χ0n) is 15.7. The van der Waals surface area contributed by atoms with Crippen molar-refractivity contribution in [3.8, 4) is 0 Å². The first-order valence-electron chi connectivity index (χ1n) is 9.68. The number of benzene rings is 1. The molecule has 0 spiro atoms. The summed E-state index contributed by atoms with van der Waals surface area (Å²) >= 11 is 0. The summed E-state index contributed by atoms with van der Waals surface area (Å²) in [6.07, 6.45) is 1.82. The third kappa shape index (κ3) is 3.37. The Hall–Kier alpha value is -3.23. The van der Waals surface area contributed by atoms with Gasteiger partial charge in [-0.15, -0.1) is 0 Å². The van der Waals surface area contributed by atoms with Crippen molar-refractivity contribution in [3.63, 3.8) is 0 Å². The van der Waals surface area contributed by atoms with Gasteiger partial charge in [0.15, 0.2) is 0 Å². The molecule has 152 valence electrons. The molecule has 3 aliphatic heterocycles. The monoisotopic (exact) mass is 399 g/mol. The molecule has 4 rings (SSSR count). The standard InChI is InChI=1S/C20H21N3O6/c24-15-7-6-14(18(27)21-15)23-19(28)12-4-1-5-13(17(12)20(23)29)22-8-2-3-11(10-22)9-16(25)26/h1,4-5,11,14H,2-3,6-10H2,(H,25,26)(H,21,24,27)/t11-,14?/m0/s1. The van der Waals surface area contributed by atoms with Gasteiger partial charge in [0.1, 0.15) is 6.04 Å². The number of nitrogens with one attached hydrogen (secondary N) is 1. The van der Waals surface area contributed by atoms with Crippen LogP contribution in [0.3, 0.4) is 0 Å². The molecule has 1 unspecified atom stereocenters. The number of hydrogen-bond acceptors (Lipinski definition) is 6. The number of rotatable bonds is 4. The highest BCUT2D eigenvalue weighted by molar-refractivity contribution is 6.25. The topological polar surface area (TPSA) is 124 Å². The van der Waals surface area contributed by atoms with Gasteiger partial charge in [-0.25, -0.2) is 0 Å². The number of carbonyl (C=O) groups is 5. The van der Waals surface area contributed by atoms with Crippen LogP contribution in [-0.2, 0) is 14.4 Å². The molecule has 2 atom stereocenters. The lowest BCUT2D eigenvalue weighted by atomic mass is 9.93. The predicted molar refractivity (Wildman–Crippen MR) is 100 cm³/mol. The highest BCUT2D eigenvalue weighted by Crippen LogP contribution is 2.36. The van der Waals surface area contributed by atoms with Crippen LogP contribution in [0, 0.1) is 5.92 Å². The molecule has 0 radical (unpaired) electrons. The Morgan fingerprint density at radius 1 is 1.14 bits per heavy atom.